The summed E-state index contributed by atoms with van der Waals surface area (Å²) in [5, 5.41) is 0.146. The largest absolute Gasteiger partial charge is 0.460 e. The third-order valence-electron chi connectivity index (χ3n) is 4.12. The highest BCUT2D eigenvalue weighted by Crippen LogP contribution is 2.45. The third-order valence-corrected chi connectivity index (χ3v) is 5.44. The minimum Gasteiger partial charge on any atom is -0.460 e. The van der Waals surface area contributed by atoms with Gasteiger partial charge in [0.2, 0.25) is 5.78 Å². The number of carbonyl (C=O) groups excluding carboxylic acids is 2. The van der Waals surface area contributed by atoms with Gasteiger partial charge in [-0.25, -0.2) is 4.79 Å². The standard InChI is InChI=1S/C21H21NO3S/c1-3-25-21(24)18(23)12-16-13-20(15-8-6-7-14(2)11-15)26-19-10-5-4-9-17(19)22-16/h4-11,20H,3,12-13H2,1-2H3. The van der Waals surface area contributed by atoms with Crippen molar-refractivity contribution < 1.29 is 14.3 Å². The summed E-state index contributed by atoms with van der Waals surface area (Å²) < 4.78 is 4.82. The topological polar surface area (TPSA) is 55.7 Å². The summed E-state index contributed by atoms with van der Waals surface area (Å²) in [6, 6.07) is 16.3. The highest BCUT2D eigenvalue weighted by molar-refractivity contribution is 7.99. The van der Waals surface area contributed by atoms with E-state index in [1.54, 1.807) is 18.7 Å². The van der Waals surface area contributed by atoms with E-state index in [-0.39, 0.29) is 18.3 Å². The second-order valence-corrected chi connectivity index (χ2v) is 7.44. The molecule has 3 rings (SSSR count). The molecule has 1 aliphatic heterocycles. The summed E-state index contributed by atoms with van der Waals surface area (Å²) in [5.41, 5.74) is 3.95. The first-order valence-corrected chi connectivity index (χ1v) is 9.53. The van der Waals surface area contributed by atoms with Crippen LogP contribution < -0.4 is 0 Å². The predicted molar refractivity (Wildman–Crippen MR) is 104 cm³/mol. The lowest BCUT2D eigenvalue weighted by Gasteiger charge is -2.16. The summed E-state index contributed by atoms with van der Waals surface area (Å²) >= 11 is 1.75. The summed E-state index contributed by atoms with van der Waals surface area (Å²) in [6.07, 6.45) is 0.615. The number of ether oxygens (including phenoxy) is 1. The fourth-order valence-electron chi connectivity index (χ4n) is 2.91. The van der Waals surface area contributed by atoms with Crippen molar-refractivity contribution in [3.05, 3.63) is 59.7 Å². The number of carbonyl (C=O) groups is 2. The smallest absolute Gasteiger partial charge is 0.374 e. The third kappa shape index (κ3) is 4.41. The predicted octanol–water partition coefficient (Wildman–Crippen LogP) is 4.83. The Bertz CT molecular complexity index is 860. The van der Waals surface area contributed by atoms with Crippen molar-refractivity contribution in [3.8, 4) is 0 Å². The Balaban J connectivity index is 1.91. The number of hydrogen-bond donors (Lipinski definition) is 0. The van der Waals surface area contributed by atoms with E-state index in [0.717, 1.165) is 10.6 Å². The molecule has 1 aliphatic rings. The van der Waals surface area contributed by atoms with Crippen molar-refractivity contribution in [2.75, 3.05) is 6.61 Å². The zero-order valence-corrected chi connectivity index (χ0v) is 15.7. The molecule has 0 aliphatic carbocycles. The molecule has 2 aromatic carbocycles. The van der Waals surface area contributed by atoms with E-state index in [1.165, 1.54) is 11.1 Å². The van der Waals surface area contributed by atoms with Gasteiger partial charge in [-0.1, -0.05) is 42.0 Å². The number of thioether (sulfide) groups is 1. The summed E-state index contributed by atoms with van der Waals surface area (Å²) in [5.74, 6) is -1.33. The average molecular weight is 367 g/mol. The minimum atomic E-state index is -0.785. The molecule has 0 saturated heterocycles. The van der Waals surface area contributed by atoms with Gasteiger partial charge in [-0.2, -0.15) is 0 Å². The number of fused-ring (bicyclic) bond motifs is 1. The Morgan fingerprint density at radius 3 is 2.77 bits per heavy atom. The van der Waals surface area contributed by atoms with E-state index < -0.39 is 11.8 Å². The van der Waals surface area contributed by atoms with Crippen LogP contribution in [0.15, 0.2) is 58.4 Å². The molecule has 0 spiro atoms. The Kier molecular flexibility index (Phi) is 5.89. The van der Waals surface area contributed by atoms with Crippen LogP contribution in [0.4, 0.5) is 5.69 Å². The SMILES string of the molecule is CCOC(=O)C(=O)CC1=Nc2ccccc2SC(c2cccc(C)c2)C1. The summed E-state index contributed by atoms with van der Waals surface area (Å²) in [4.78, 5) is 29.6. The van der Waals surface area contributed by atoms with E-state index in [1.807, 2.05) is 30.3 Å². The molecule has 0 amide bonds. The zero-order chi connectivity index (χ0) is 18.5. The van der Waals surface area contributed by atoms with E-state index >= 15 is 0 Å². The van der Waals surface area contributed by atoms with Gasteiger partial charge in [-0.15, -0.1) is 11.8 Å². The lowest BCUT2D eigenvalue weighted by molar-refractivity contribution is -0.152. The van der Waals surface area contributed by atoms with Crippen molar-refractivity contribution in [1.29, 1.82) is 0 Å². The highest BCUT2D eigenvalue weighted by Gasteiger charge is 2.25. The number of aryl methyl sites for hydroxylation is 1. The molecule has 0 aromatic heterocycles. The first-order chi connectivity index (χ1) is 12.6. The molecule has 5 heteroatoms. The van der Waals surface area contributed by atoms with Gasteiger partial charge in [-0.3, -0.25) is 9.79 Å². The number of hydrogen-bond acceptors (Lipinski definition) is 5. The van der Waals surface area contributed by atoms with Crippen LogP contribution in [0.2, 0.25) is 0 Å². The Morgan fingerprint density at radius 1 is 1.19 bits per heavy atom. The number of esters is 1. The maximum atomic E-state index is 12.2. The summed E-state index contributed by atoms with van der Waals surface area (Å²) in [7, 11) is 0. The van der Waals surface area contributed by atoms with Crippen molar-refractivity contribution in [3.63, 3.8) is 0 Å². The molecule has 1 atom stereocenters. The van der Waals surface area contributed by atoms with Gasteiger partial charge in [-0.05, 0) is 31.5 Å². The molecular formula is C21H21NO3S. The maximum Gasteiger partial charge on any atom is 0.374 e. The number of nitrogens with zero attached hydrogens (tertiary/aromatic N) is 1. The number of aliphatic imine (C=N–C) groups is 1. The molecule has 4 nitrogen and oxygen atoms in total. The van der Waals surface area contributed by atoms with Crippen LogP contribution in [-0.2, 0) is 14.3 Å². The molecule has 0 saturated carbocycles. The molecule has 134 valence electrons. The van der Waals surface area contributed by atoms with Gasteiger partial charge in [0, 0.05) is 22.3 Å². The quantitative estimate of drug-likeness (QED) is 0.561. The van der Waals surface area contributed by atoms with Crippen molar-refractivity contribution >= 4 is 34.9 Å². The number of Topliss-reactive ketones (excluding diaryl/α,β-unsaturated/α-hetero) is 1. The minimum absolute atomic E-state index is 0.00393. The van der Waals surface area contributed by atoms with Crippen molar-refractivity contribution in [2.45, 2.75) is 36.8 Å². The number of para-hydroxylation sites is 1. The molecule has 26 heavy (non-hydrogen) atoms. The van der Waals surface area contributed by atoms with Gasteiger partial charge in [0.05, 0.1) is 18.7 Å². The van der Waals surface area contributed by atoms with Gasteiger partial charge in [0.1, 0.15) is 0 Å². The first-order valence-electron chi connectivity index (χ1n) is 8.65. The number of rotatable bonds is 5. The van der Waals surface area contributed by atoms with Crippen molar-refractivity contribution in [2.24, 2.45) is 4.99 Å². The van der Waals surface area contributed by atoms with Crippen LogP contribution in [0.5, 0.6) is 0 Å². The Morgan fingerprint density at radius 2 is 2.00 bits per heavy atom. The first kappa shape index (κ1) is 18.4. The van der Waals surface area contributed by atoms with Crippen LogP contribution in [0.3, 0.4) is 0 Å². The lowest BCUT2D eigenvalue weighted by Crippen LogP contribution is -2.21. The normalized spacial score (nSPS) is 16.2. The molecule has 2 aromatic rings. The van der Waals surface area contributed by atoms with Crippen LogP contribution in [-0.4, -0.2) is 24.1 Å². The number of ketones is 1. The Labute approximate surface area is 157 Å². The van der Waals surface area contributed by atoms with Gasteiger partial charge >= 0.3 is 5.97 Å². The fraction of sp³-hybridized carbons (Fsp3) is 0.286. The van der Waals surface area contributed by atoms with E-state index in [0.29, 0.717) is 12.1 Å². The van der Waals surface area contributed by atoms with Crippen molar-refractivity contribution in [1.82, 2.24) is 0 Å². The van der Waals surface area contributed by atoms with Crippen LogP contribution in [0.1, 0.15) is 36.1 Å². The van der Waals surface area contributed by atoms with Crippen LogP contribution >= 0.6 is 11.8 Å². The van der Waals surface area contributed by atoms with E-state index in [2.05, 4.69) is 30.1 Å². The van der Waals surface area contributed by atoms with Gasteiger partial charge in [0.25, 0.3) is 0 Å². The van der Waals surface area contributed by atoms with E-state index in [4.69, 9.17) is 4.74 Å². The molecule has 0 fully saturated rings. The molecule has 1 unspecified atom stereocenters. The van der Waals surface area contributed by atoms with E-state index in [9.17, 15) is 9.59 Å². The molecule has 1 heterocycles. The highest BCUT2D eigenvalue weighted by atomic mass is 32.2. The average Bonchev–Trinajstić information content (AvgIpc) is 2.81. The molecule has 0 bridgehead atoms. The lowest BCUT2D eigenvalue weighted by atomic mass is 10.0. The molecular weight excluding hydrogens is 346 g/mol. The summed E-state index contributed by atoms with van der Waals surface area (Å²) in [6.45, 7) is 3.95. The molecule has 0 N–H and O–H groups in total. The second-order valence-electron chi connectivity index (χ2n) is 6.19. The maximum absolute atomic E-state index is 12.2. The zero-order valence-electron chi connectivity index (χ0n) is 14.9. The van der Waals surface area contributed by atoms with Crippen LogP contribution in [0.25, 0.3) is 0 Å². The second kappa shape index (κ2) is 8.32. The van der Waals surface area contributed by atoms with Gasteiger partial charge in [0.15, 0.2) is 0 Å². The van der Waals surface area contributed by atoms with Crippen LogP contribution in [0, 0.1) is 6.92 Å². The fourth-order valence-corrected chi connectivity index (χ4v) is 4.17. The monoisotopic (exact) mass is 367 g/mol. The number of benzene rings is 2. The molecule has 0 radical (unpaired) electrons. The van der Waals surface area contributed by atoms with Gasteiger partial charge < -0.3 is 4.74 Å². The Hall–Kier alpha value is -2.40.